The van der Waals surface area contributed by atoms with E-state index in [1.807, 2.05) is 31.2 Å². The predicted molar refractivity (Wildman–Crippen MR) is 49.5 cm³/mol. The monoisotopic (exact) mass is 176 g/mol. The van der Waals surface area contributed by atoms with Gasteiger partial charge in [0.1, 0.15) is 5.75 Å². The fourth-order valence-electron chi connectivity index (χ4n) is 1.12. The number of carbonyl (C=O) groups is 1. The van der Waals surface area contributed by atoms with Gasteiger partial charge in [-0.1, -0.05) is 17.7 Å². The molecule has 0 atom stereocenters. The molecule has 0 saturated heterocycles. The number of hydrogen-bond donors (Lipinski definition) is 0. The molecule has 2 nitrogen and oxygen atoms in total. The molecule has 68 valence electrons. The Morgan fingerprint density at radius 2 is 1.92 bits per heavy atom. The molecule has 2 heteroatoms. The Morgan fingerprint density at radius 1 is 1.31 bits per heavy atom. The van der Waals surface area contributed by atoms with Gasteiger partial charge in [0.2, 0.25) is 0 Å². The Hall–Kier alpha value is -1.31. The second kappa shape index (κ2) is 3.21. The van der Waals surface area contributed by atoms with E-state index in [1.165, 1.54) is 5.56 Å². The number of ether oxygens (including phenoxy) is 1. The molecule has 0 spiro atoms. The molecule has 0 unspecified atom stereocenters. The predicted octanol–water partition coefficient (Wildman–Crippen LogP) is 2.31. The molecule has 0 N–H and O–H groups in total. The van der Waals surface area contributed by atoms with E-state index in [-0.39, 0.29) is 11.9 Å². The Morgan fingerprint density at radius 3 is 2.46 bits per heavy atom. The summed E-state index contributed by atoms with van der Waals surface area (Å²) >= 11 is 0. The Balaban J connectivity index is 2.00. The van der Waals surface area contributed by atoms with Crippen LogP contribution in [-0.2, 0) is 4.79 Å². The number of esters is 1. The van der Waals surface area contributed by atoms with Crippen molar-refractivity contribution in [3.8, 4) is 5.75 Å². The van der Waals surface area contributed by atoms with E-state index in [1.54, 1.807) is 0 Å². The summed E-state index contributed by atoms with van der Waals surface area (Å²) in [6.45, 7) is 2.01. The van der Waals surface area contributed by atoms with Crippen molar-refractivity contribution in [1.29, 1.82) is 0 Å². The maximum atomic E-state index is 11.2. The smallest absolute Gasteiger partial charge is 0.314 e. The average molecular weight is 176 g/mol. The molecule has 2 rings (SSSR count). The van der Waals surface area contributed by atoms with Crippen LogP contribution >= 0.6 is 0 Å². The van der Waals surface area contributed by atoms with Gasteiger partial charge < -0.3 is 4.74 Å². The van der Waals surface area contributed by atoms with Gasteiger partial charge in [-0.05, 0) is 31.9 Å². The Kier molecular flexibility index (Phi) is 2.05. The van der Waals surface area contributed by atoms with Gasteiger partial charge in [0, 0.05) is 0 Å². The van der Waals surface area contributed by atoms with Gasteiger partial charge in [-0.15, -0.1) is 0 Å². The molecule has 1 saturated carbocycles. The van der Waals surface area contributed by atoms with E-state index < -0.39 is 0 Å². The first-order valence-electron chi connectivity index (χ1n) is 4.54. The summed E-state index contributed by atoms with van der Waals surface area (Å²) in [6.07, 6.45) is 1.98. The maximum Gasteiger partial charge on any atom is 0.314 e. The molecule has 0 bridgehead atoms. The van der Waals surface area contributed by atoms with E-state index >= 15 is 0 Å². The lowest BCUT2D eigenvalue weighted by atomic mass is 10.2. The molecule has 1 aliphatic carbocycles. The van der Waals surface area contributed by atoms with Crippen molar-refractivity contribution in [2.24, 2.45) is 5.92 Å². The van der Waals surface area contributed by atoms with Crippen LogP contribution in [0.1, 0.15) is 18.4 Å². The van der Waals surface area contributed by atoms with E-state index in [9.17, 15) is 4.79 Å². The number of benzene rings is 1. The molecule has 1 aromatic carbocycles. The first-order chi connectivity index (χ1) is 6.25. The van der Waals surface area contributed by atoms with Crippen LogP contribution in [0, 0.1) is 12.8 Å². The highest BCUT2D eigenvalue weighted by atomic mass is 16.5. The normalized spacial score (nSPS) is 15.5. The summed E-state index contributed by atoms with van der Waals surface area (Å²) in [5.74, 6) is 0.743. The van der Waals surface area contributed by atoms with Crippen molar-refractivity contribution in [3.05, 3.63) is 29.8 Å². The maximum absolute atomic E-state index is 11.2. The molecule has 0 aliphatic heterocycles. The minimum Gasteiger partial charge on any atom is -0.426 e. The lowest BCUT2D eigenvalue weighted by Crippen LogP contribution is -2.09. The van der Waals surface area contributed by atoms with Crippen LogP contribution in [0.15, 0.2) is 24.3 Å². The largest absolute Gasteiger partial charge is 0.426 e. The molecule has 1 aliphatic rings. The summed E-state index contributed by atoms with van der Waals surface area (Å²) in [7, 11) is 0. The summed E-state index contributed by atoms with van der Waals surface area (Å²) < 4.78 is 5.15. The minimum absolute atomic E-state index is 0.0798. The van der Waals surface area contributed by atoms with Crippen LogP contribution in [0.5, 0.6) is 5.75 Å². The van der Waals surface area contributed by atoms with Crippen molar-refractivity contribution in [1.82, 2.24) is 0 Å². The van der Waals surface area contributed by atoms with E-state index in [0.717, 1.165) is 12.8 Å². The summed E-state index contributed by atoms with van der Waals surface area (Å²) in [6, 6.07) is 7.54. The number of rotatable bonds is 2. The fraction of sp³-hybridized carbons (Fsp3) is 0.364. The van der Waals surface area contributed by atoms with Crippen LogP contribution in [0.2, 0.25) is 0 Å². The molecular weight excluding hydrogens is 164 g/mol. The van der Waals surface area contributed by atoms with Crippen molar-refractivity contribution < 1.29 is 9.53 Å². The quantitative estimate of drug-likeness (QED) is 0.510. The topological polar surface area (TPSA) is 26.3 Å². The van der Waals surface area contributed by atoms with Crippen LogP contribution in [0.3, 0.4) is 0 Å². The number of hydrogen-bond acceptors (Lipinski definition) is 2. The third-order valence-electron chi connectivity index (χ3n) is 2.15. The Bertz CT molecular complexity index is 309. The highest BCUT2D eigenvalue weighted by Gasteiger charge is 2.31. The molecule has 0 aromatic heterocycles. The molecule has 0 radical (unpaired) electrons. The third kappa shape index (κ3) is 2.08. The van der Waals surface area contributed by atoms with Crippen molar-refractivity contribution >= 4 is 5.97 Å². The molecule has 0 heterocycles. The summed E-state index contributed by atoms with van der Waals surface area (Å²) in [5, 5.41) is 0. The lowest BCUT2D eigenvalue weighted by molar-refractivity contribution is -0.135. The highest BCUT2D eigenvalue weighted by Crippen LogP contribution is 2.30. The summed E-state index contributed by atoms with van der Waals surface area (Å²) in [4.78, 5) is 11.2. The van der Waals surface area contributed by atoms with Gasteiger partial charge in [-0.25, -0.2) is 0 Å². The van der Waals surface area contributed by atoms with Gasteiger partial charge >= 0.3 is 5.97 Å². The zero-order valence-electron chi connectivity index (χ0n) is 7.62. The Labute approximate surface area is 77.5 Å². The van der Waals surface area contributed by atoms with E-state index in [4.69, 9.17) is 4.74 Å². The van der Waals surface area contributed by atoms with E-state index in [0.29, 0.717) is 5.75 Å². The molecule has 1 fully saturated rings. The van der Waals surface area contributed by atoms with Gasteiger partial charge in [0.25, 0.3) is 0 Å². The van der Waals surface area contributed by atoms with Gasteiger partial charge in [-0.3, -0.25) is 4.79 Å². The third-order valence-corrected chi connectivity index (χ3v) is 2.15. The zero-order chi connectivity index (χ0) is 9.26. The fourth-order valence-corrected chi connectivity index (χ4v) is 1.12. The van der Waals surface area contributed by atoms with Crippen LogP contribution < -0.4 is 4.74 Å². The van der Waals surface area contributed by atoms with Gasteiger partial charge in [0.15, 0.2) is 0 Å². The molecular formula is C11H12O2. The zero-order valence-corrected chi connectivity index (χ0v) is 7.62. The van der Waals surface area contributed by atoms with Crippen molar-refractivity contribution in [3.63, 3.8) is 0 Å². The SMILES string of the molecule is Cc1ccc(OC(=O)C2CC2)cc1. The van der Waals surface area contributed by atoms with Gasteiger partial charge in [0.05, 0.1) is 5.92 Å². The summed E-state index contributed by atoms with van der Waals surface area (Å²) in [5.41, 5.74) is 1.17. The standard InChI is InChI=1S/C11H12O2/c1-8-2-6-10(7-3-8)13-11(12)9-4-5-9/h2-3,6-7,9H,4-5H2,1H3. The molecule has 0 amide bonds. The average Bonchev–Trinajstić information content (AvgIpc) is 2.91. The molecule has 13 heavy (non-hydrogen) atoms. The first kappa shape index (κ1) is 8.30. The molecule has 1 aromatic rings. The van der Waals surface area contributed by atoms with Crippen LogP contribution in [-0.4, -0.2) is 5.97 Å². The van der Waals surface area contributed by atoms with E-state index in [2.05, 4.69) is 0 Å². The number of aryl methyl sites for hydroxylation is 1. The highest BCUT2D eigenvalue weighted by molar-refractivity contribution is 5.77. The van der Waals surface area contributed by atoms with Gasteiger partial charge in [-0.2, -0.15) is 0 Å². The minimum atomic E-state index is -0.0798. The lowest BCUT2D eigenvalue weighted by Gasteiger charge is -2.02. The second-order valence-electron chi connectivity index (χ2n) is 3.51. The van der Waals surface area contributed by atoms with Crippen molar-refractivity contribution in [2.75, 3.05) is 0 Å². The van der Waals surface area contributed by atoms with Crippen LogP contribution in [0.25, 0.3) is 0 Å². The first-order valence-corrected chi connectivity index (χ1v) is 4.54. The second-order valence-corrected chi connectivity index (χ2v) is 3.51. The van der Waals surface area contributed by atoms with Crippen molar-refractivity contribution in [2.45, 2.75) is 19.8 Å². The van der Waals surface area contributed by atoms with Crippen LogP contribution in [0.4, 0.5) is 0 Å². The number of carbonyl (C=O) groups excluding carboxylic acids is 1.